The summed E-state index contributed by atoms with van der Waals surface area (Å²) in [5.41, 5.74) is 2.34. The molecule has 0 aromatic heterocycles. The van der Waals surface area contributed by atoms with Gasteiger partial charge in [0, 0.05) is 11.6 Å². The molecule has 0 amide bonds. The van der Waals surface area contributed by atoms with Crippen LogP contribution in [0.4, 0.5) is 0 Å². The van der Waals surface area contributed by atoms with Gasteiger partial charge < -0.3 is 5.11 Å². The number of aryl methyl sites for hydroxylation is 1. The lowest BCUT2D eigenvalue weighted by Crippen LogP contribution is -2.27. The van der Waals surface area contributed by atoms with E-state index in [0.717, 1.165) is 36.3 Å². The van der Waals surface area contributed by atoms with Crippen molar-refractivity contribution in [3.8, 4) is 0 Å². The molecule has 1 aromatic rings. The van der Waals surface area contributed by atoms with Crippen molar-refractivity contribution in [1.82, 2.24) is 0 Å². The first kappa shape index (κ1) is 15.5. The van der Waals surface area contributed by atoms with E-state index >= 15 is 0 Å². The Morgan fingerprint density at radius 2 is 2.00 bits per heavy atom. The van der Waals surface area contributed by atoms with E-state index in [1.54, 1.807) is 0 Å². The SMILES string of the molecule is CCCCC(CC)(CO)Cc1ccc(C)cc1Cl. The van der Waals surface area contributed by atoms with Crippen molar-refractivity contribution in [2.45, 2.75) is 52.9 Å². The average molecular weight is 269 g/mol. The summed E-state index contributed by atoms with van der Waals surface area (Å²) in [4.78, 5) is 0. The first-order valence-electron chi connectivity index (χ1n) is 6.93. The van der Waals surface area contributed by atoms with Crippen molar-refractivity contribution in [2.24, 2.45) is 5.41 Å². The van der Waals surface area contributed by atoms with E-state index in [2.05, 4.69) is 26.0 Å². The van der Waals surface area contributed by atoms with Gasteiger partial charge in [-0.2, -0.15) is 0 Å². The fourth-order valence-electron chi connectivity index (χ4n) is 2.39. The average Bonchev–Trinajstić information content (AvgIpc) is 2.37. The highest BCUT2D eigenvalue weighted by molar-refractivity contribution is 6.31. The zero-order valence-electron chi connectivity index (χ0n) is 11.8. The van der Waals surface area contributed by atoms with E-state index in [1.807, 2.05) is 13.0 Å². The van der Waals surface area contributed by atoms with Gasteiger partial charge in [-0.05, 0) is 48.8 Å². The van der Waals surface area contributed by atoms with Gasteiger partial charge in [-0.15, -0.1) is 0 Å². The van der Waals surface area contributed by atoms with Crippen LogP contribution >= 0.6 is 11.6 Å². The van der Waals surface area contributed by atoms with E-state index in [4.69, 9.17) is 11.6 Å². The lowest BCUT2D eigenvalue weighted by molar-refractivity contribution is 0.107. The van der Waals surface area contributed by atoms with E-state index in [9.17, 15) is 5.11 Å². The molecule has 1 N–H and O–H groups in total. The molecule has 1 nitrogen and oxygen atoms in total. The van der Waals surface area contributed by atoms with Gasteiger partial charge in [0.05, 0.1) is 0 Å². The van der Waals surface area contributed by atoms with Gasteiger partial charge in [0.1, 0.15) is 0 Å². The van der Waals surface area contributed by atoms with Gasteiger partial charge in [-0.25, -0.2) is 0 Å². The number of rotatable bonds is 7. The monoisotopic (exact) mass is 268 g/mol. The summed E-state index contributed by atoms with van der Waals surface area (Å²) in [5.74, 6) is 0. The maximum absolute atomic E-state index is 9.77. The number of benzene rings is 1. The predicted octanol–water partition coefficient (Wildman–Crippen LogP) is 4.77. The molecule has 1 atom stereocenters. The molecular weight excluding hydrogens is 244 g/mol. The summed E-state index contributed by atoms with van der Waals surface area (Å²) < 4.78 is 0. The quantitative estimate of drug-likeness (QED) is 0.755. The minimum atomic E-state index is -0.00505. The third kappa shape index (κ3) is 4.00. The third-order valence-electron chi connectivity index (χ3n) is 3.92. The van der Waals surface area contributed by atoms with Crippen molar-refractivity contribution in [3.05, 3.63) is 34.3 Å². The largest absolute Gasteiger partial charge is 0.396 e. The molecule has 0 fully saturated rings. The molecule has 0 aliphatic rings. The first-order chi connectivity index (χ1) is 8.56. The Bertz CT molecular complexity index is 369. The lowest BCUT2D eigenvalue weighted by Gasteiger charge is -2.31. The summed E-state index contributed by atoms with van der Waals surface area (Å²) >= 11 is 6.30. The number of hydrogen-bond acceptors (Lipinski definition) is 1. The van der Waals surface area contributed by atoms with Crippen LogP contribution in [0.1, 0.15) is 50.7 Å². The van der Waals surface area contributed by atoms with E-state index in [0.29, 0.717) is 0 Å². The zero-order valence-corrected chi connectivity index (χ0v) is 12.6. The van der Waals surface area contributed by atoms with Crippen molar-refractivity contribution < 1.29 is 5.11 Å². The van der Waals surface area contributed by atoms with Crippen LogP contribution < -0.4 is 0 Å². The molecule has 1 unspecified atom stereocenters. The summed E-state index contributed by atoms with van der Waals surface area (Å²) in [6, 6.07) is 6.21. The maximum Gasteiger partial charge on any atom is 0.0490 e. The van der Waals surface area contributed by atoms with Crippen LogP contribution in [0.2, 0.25) is 5.02 Å². The van der Waals surface area contributed by atoms with Crippen molar-refractivity contribution in [2.75, 3.05) is 6.61 Å². The van der Waals surface area contributed by atoms with Crippen molar-refractivity contribution in [3.63, 3.8) is 0 Å². The topological polar surface area (TPSA) is 20.2 Å². The molecule has 102 valence electrons. The molecule has 0 radical (unpaired) electrons. The number of aliphatic hydroxyl groups excluding tert-OH is 1. The van der Waals surface area contributed by atoms with Crippen LogP contribution in [-0.4, -0.2) is 11.7 Å². The van der Waals surface area contributed by atoms with Gasteiger partial charge in [-0.1, -0.05) is 50.4 Å². The zero-order chi connectivity index (χ0) is 13.6. The number of halogens is 1. The Morgan fingerprint density at radius 3 is 2.50 bits per heavy atom. The normalized spacial score (nSPS) is 14.5. The first-order valence-corrected chi connectivity index (χ1v) is 7.30. The second-order valence-electron chi connectivity index (χ2n) is 5.39. The summed E-state index contributed by atoms with van der Waals surface area (Å²) in [6.45, 7) is 6.64. The maximum atomic E-state index is 9.77. The van der Waals surface area contributed by atoms with E-state index in [-0.39, 0.29) is 12.0 Å². The highest BCUT2D eigenvalue weighted by Gasteiger charge is 2.27. The van der Waals surface area contributed by atoms with Crippen LogP contribution in [0, 0.1) is 12.3 Å². The summed E-state index contributed by atoms with van der Waals surface area (Å²) in [5, 5.41) is 10.6. The highest BCUT2D eigenvalue weighted by atomic mass is 35.5. The molecule has 1 rings (SSSR count). The number of hydrogen-bond donors (Lipinski definition) is 1. The second-order valence-corrected chi connectivity index (χ2v) is 5.79. The van der Waals surface area contributed by atoms with Gasteiger partial charge in [0.2, 0.25) is 0 Å². The summed E-state index contributed by atoms with van der Waals surface area (Å²) in [7, 11) is 0. The Labute approximate surface area is 116 Å². The number of aliphatic hydroxyl groups is 1. The molecule has 2 heteroatoms. The predicted molar refractivity (Wildman–Crippen MR) is 79.2 cm³/mol. The molecule has 0 bridgehead atoms. The highest BCUT2D eigenvalue weighted by Crippen LogP contribution is 2.34. The Hall–Kier alpha value is -0.530. The minimum Gasteiger partial charge on any atom is -0.396 e. The Kier molecular flexibility index (Phi) is 6.17. The van der Waals surface area contributed by atoms with Crippen molar-refractivity contribution >= 4 is 11.6 Å². The van der Waals surface area contributed by atoms with Crippen LogP contribution in [0.3, 0.4) is 0 Å². The molecule has 0 saturated carbocycles. The van der Waals surface area contributed by atoms with Crippen LogP contribution in [0.25, 0.3) is 0 Å². The fourth-order valence-corrected chi connectivity index (χ4v) is 2.69. The smallest absolute Gasteiger partial charge is 0.0490 e. The minimum absolute atomic E-state index is 0.00505. The van der Waals surface area contributed by atoms with Crippen molar-refractivity contribution in [1.29, 1.82) is 0 Å². The molecule has 0 spiro atoms. The molecule has 0 heterocycles. The second kappa shape index (κ2) is 7.16. The molecule has 0 aliphatic carbocycles. The molecule has 1 aromatic carbocycles. The van der Waals surface area contributed by atoms with E-state index < -0.39 is 0 Å². The Balaban J connectivity index is 2.88. The van der Waals surface area contributed by atoms with Crippen LogP contribution in [0.5, 0.6) is 0 Å². The summed E-state index contributed by atoms with van der Waals surface area (Å²) in [6.07, 6.45) is 5.27. The van der Waals surface area contributed by atoms with Crippen LogP contribution in [-0.2, 0) is 6.42 Å². The van der Waals surface area contributed by atoms with Gasteiger partial charge in [0.25, 0.3) is 0 Å². The van der Waals surface area contributed by atoms with Gasteiger partial charge in [0.15, 0.2) is 0 Å². The van der Waals surface area contributed by atoms with E-state index in [1.165, 1.54) is 12.0 Å². The lowest BCUT2D eigenvalue weighted by atomic mass is 9.76. The number of unbranched alkanes of at least 4 members (excludes halogenated alkanes) is 1. The fraction of sp³-hybridized carbons (Fsp3) is 0.625. The van der Waals surface area contributed by atoms with Gasteiger partial charge in [-0.3, -0.25) is 0 Å². The van der Waals surface area contributed by atoms with Gasteiger partial charge >= 0.3 is 0 Å². The Morgan fingerprint density at radius 1 is 1.28 bits per heavy atom. The third-order valence-corrected chi connectivity index (χ3v) is 4.27. The molecule has 18 heavy (non-hydrogen) atoms. The molecule has 0 saturated heterocycles. The molecular formula is C16H25ClO. The van der Waals surface area contributed by atoms with Crippen LogP contribution in [0.15, 0.2) is 18.2 Å². The standard InChI is InChI=1S/C16H25ClO/c1-4-6-9-16(5-2,12-18)11-14-8-7-13(3)10-15(14)17/h7-8,10,18H,4-6,9,11-12H2,1-3H3. The molecule has 0 aliphatic heterocycles.